The lowest BCUT2D eigenvalue weighted by atomic mass is 10.2. The maximum absolute atomic E-state index is 12.1. The van der Waals surface area contributed by atoms with Crippen molar-refractivity contribution < 1.29 is 19.4 Å². The van der Waals surface area contributed by atoms with Gasteiger partial charge in [0.2, 0.25) is 0 Å². The summed E-state index contributed by atoms with van der Waals surface area (Å²) < 4.78 is 0. The summed E-state index contributed by atoms with van der Waals surface area (Å²) in [5.74, 6) is -1.13. The molecular weight excluding hydrogens is 415 g/mol. The van der Waals surface area contributed by atoms with E-state index in [9.17, 15) is 29.8 Å². The number of rotatable bonds is 7. The first-order chi connectivity index (χ1) is 13.2. The molecule has 0 bridgehead atoms. The van der Waals surface area contributed by atoms with E-state index in [1.807, 2.05) is 0 Å². The van der Waals surface area contributed by atoms with Crippen LogP contribution in [0.4, 0.5) is 11.4 Å². The van der Waals surface area contributed by atoms with Gasteiger partial charge in [0.05, 0.1) is 31.0 Å². The van der Waals surface area contributed by atoms with Crippen molar-refractivity contribution in [3.8, 4) is 0 Å². The fraction of sp³-hybridized carbons (Fsp3) is 0.125. The van der Waals surface area contributed by atoms with E-state index in [-0.39, 0.29) is 45.6 Å². The number of benzene rings is 2. The predicted molar refractivity (Wildman–Crippen MR) is 101 cm³/mol. The summed E-state index contributed by atoms with van der Waals surface area (Å²) in [6, 6.07) is 6.89. The van der Waals surface area contributed by atoms with Crippen LogP contribution in [0.15, 0.2) is 36.4 Å². The highest BCUT2D eigenvalue weighted by Crippen LogP contribution is 2.23. The third-order valence-electron chi connectivity index (χ3n) is 3.51. The van der Waals surface area contributed by atoms with Gasteiger partial charge in [0.15, 0.2) is 0 Å². The normalized spacial score (nSPS) is 10.2. The molecule has 2 rings (SSSR count). The molecule has 2 amide bonds. The standard InChI is InChI=1S/C16H12Cl2N4O6/c17-13-7-9(21(25)26)1-3-11(13)15(23)19-5-6-20-16(24)12-4-2-10(22(27)28)8-14(12)18/h1-4,7-8H,5-6H2,(H,19,23)(H,20,24). The molecule has 2 N–H and O–H groups in total. The van der Waals surface area contributed by atoms with Crippen LogP contribution in [0.25, 0.3) is 0 Å². The van der Waals surface area contributed by atoms with Crippen LogP contribution < -0.4 is 10.6 Å². The molecule has 28 heavy (non-hydrogen) atoms. The van der Waals surface area contributed by atoms with Gasteiger partial charge in [-0.25, -0.2) is 0 Å². The lowest BCUT2D eigenvalue weighted by Gasteiger charge is -2.09. The summed E-state index contributed by atoms with van der Waals surface area (Å²) in [7, 11) is 0. The molecule has 0 spiro atoms. The smallest absolute Gasteiger partial charge is 0.270 e. The summed E-state index contributed by atoms with van der Waals surface area (Å²) in [5, 5.41) is 26.2. The number of carbonyl (C=O) groups excluding carboxylic acids is 2. The topological polar surface area (TPSA) is 144 Å². The summed E-state index contributed by atoms with van der Waals surface area (Å²) >= 11 is 11.7. The maximum atomic E-state index is 12.1. The van der Waals surface area contributed by atoms with Crippen molar-refractivity contribution in [3.63, 3.8) is 0 Å². The zero-order valence-electron chi connectivity index (χ0n) is 14.0. The first-order valence-electron chi connectivity index (χ1n) is 7.65. The number of carbonyl (C=O) groups is 2. The number of nitrogens with one attached hydrogen (secondary N) is 2. The molecule has 0 fully saturated rings. The largest absolute Gasteiger partial charge is 0.350 e. The average Bonchev–Trinajstić information content (AvgIpc) is 2.64. The number of nitro benzene ring substituents is 2. The van der Waals surface area contributed by atoms with Crippen molar-refractivity contribution in [1.82, 2.24) is 10.6 Å². The lowest BCUT2D eigenvalue weighted by molar-refractivity contribution is -0.385. The molecule has 2 aromatic rings. The highest BCUT2D eigenvalue weighted by molar-refractivity contribution is 6.34. The Morgan fingerprint density at radius 1 is 0.786 bits per heavy atom. The van der Waals surface area contributed by atoms with Gasteiger partial charge < -0.3 is 10.6 Å². The molecule has 10 nitrogen and oxygen atoms in total. The Hall–Kier alpha value is -3.24. The number of amides is 2. The minimum Gasteiger partial charge on any atom is -0.350 e. The number of hydrogen-bond acceptors (Lipinski definition) is 6. The number of hydrogen-bond donors (Lipinski definition) is 2. The molecule has 146 valence electrons. The molecule has 0 unspecified atom stereocenters. The van der Waals surface area contributed by atoms with E-state index in [0.29, 0.717) is 0 Å². The van der Waals surface area contributed by atoms with Crippen LogP contribution in [0, 0.1) is 20.2 Å². The van der Waals surface area contributed by atoms with Crippen LogP contribution in [0.1, 0.15) is 20.7 Å². The molecule has 0 aliphatic rings. The molecule has 0 saturated carbocycles. The number of nitro groups is 2. The van der Waals surface area contributed by atoms with Crippen LogP contribution in [0.2, 0.25) is 10.0 Å². The molecule has 0 heterocycles. The van der Waals surface area contributed by atoms with E-state index >= 15 is 0 Å². The fourth-order valence-electron chi connectivity index (χ4n) is 2.15. The van der Waals surface area contributed by atoms with Gasteiger partial charge in [-0.05, 0) is 12.1 Å². The van der Waals surface area contributed by atoms with Gasteiger partial charge >= 0.3 is 0 Å². The Morgan fingerprint density at radius 2 is 1.14 bits per heavy atom. The first kappa shape index (κ1) is 21.1. The first-order valence-corrected chi connectivity index (χ1v) is 8.40. The van der Waals surface area contributed by atoms with E-state index in [0.717, 1.165) is 24.3 Å². The molecule has 2 aromatic carbocycles. The summed E-state index contributed by atoms with van der Waals surface area (Å²) in [6.45, 7) is 0.0883. The van der Waals surface area contributed by atoms with Crippen LogP contribution in [0.5, 0.6) is 0 Å². The van der Waals surface area contributed by atoms with E-state index < -0.39 is 21.7 Å². The highest BCUT2D eigenvalue weighted by atomic mass is 35.5. The van der Waals surface area contributed by atoms with Crippen molar-refractivity contribution in [2.24, 2.45) is 0 Å². The third kappa shape index (κ3) is 5.15. The summed E-state index contributed by atoms with van der Waals surface area (Å²) in [5.41, 5.74) is -0.378. The van der Waals surface area contributed by atoms with E-state index in [1.54, 1.807) is 0 Å². The van der Waals surface area contributed by atoms with Crippen molar-refractivity contribution in [3.05, 3.63) is 77.8 Å². The summed E-state index contributed by atoms with van der Waals surface area (Å²) in [6.07, 6.45) is 0. The quantitative estimate of drug-likeness (QED) is 0.395. The van der Waals surface area contributed by atoms with Crippen LogP contribution >= 0.6 is 23.2 Å². The maximum Gasteiger partial charge on any atom is 0.270 e. The Kier molecular flexibility index (Phi) is 6.85. The summed E-state index contributed by atoms with van der Waals surface area (Å²) in [4.78, 5) is 44.2. The van der Waals surface area contributed by atoms with Gasteiger partial charge in [-0.3, -0.25) is 29.8 Å². The molecule has 0 atom stereocenters. The Bertz CT molecular complexity index is 889. The second-order valence-electron chi connectivity index (χ2n) is 5.35. The minimum absolute atomic E-state index is 0.0441. The van der Waals surface area contributed by atoms with Gasteiger partial charge in [0.1, 0.15) is 0 Å². The van der Waals surface area contributed by atoms with Crippen LogP contribution in [-0.2, 0) is 0 Å². The third-order valence-corrected chi connectivity index (χ3v) is 4.14. The zero-order valence-corrected chi connectivity index (χ0v) is 15.5. The molecule has 0 saturated heterocycles. The monoisotopic (exact) mass is 426 g/mol. The molecular formula is C16H12Cl2N4O6. The Balaban J connectivity index is 1.89. The number of halogens is 2. The average molecular weight is 427 g/mol. The second kappa shape index (κ2) is 9.11. The highest BCUT2D eigenvalue weighted by Gasteiger charge is 2.16. The fourth-order valence-corrected chi connectivity index (χ4v) is 2.67. The van der Waals surface area contributed by atoms with Gasteiger partial charge in [0, 0.05) is 37.4 Å². The van der Waals surface area contributed by atoms with Crippen LogP contribution in [0.3, 0.4) is 0 Å². The predicted octanol–water partition coefficient (Wildman–Crippen LogP) is 2.97. The van der Waals surface area contributed by atoms with E-state index in [1.165, 1.54) is 12.1 Å². The van der Waals surface area contributed by atoms with Gasteiger partial charge in [-0.1, -0.05) is 23.2 Å². The van der Waals surface area contributed by atoms with Crippen molar-refractivity contribution >= 4 is 46.4 Å². The molecule has 0 radical (unpaired) electrons. The zero-order chi connectivity index (χ0) is 20.8. The molecule has 0 aliphatic carbocycles. The Morgan fingerprint density at radius 3 is 1.43 bits per heavy atom. The SMILES string of the molecule is O=C(NCCNC(=O)c1ccc([N+](=O)[O-])cc1Cl)c1ccc([N+](=O)[O-])cc1Cl. The van der Waals surface area contributed by atoms with E-state index in [2.05, 4.69) is 10.6 Å². The minimum atomic E-state index is -0.633. The molecule has 0 aliphatic heterocycles. The van der Waals surface area contributed by atoms with Crippen molar-refractivity contribution in [1.29, 1.82) is 0 Å². The molecule has 12 heteroatoms. The lowest BCUT2D eigenvalue weighted by Crippen LogP contribution is -2.34. The Labute approximate surface area is 167 Å². The van der Waals surface area contributed by atoms with Gasteiger partial charge in [-0.2, -0.15) is 0 Å². The van der Waals surface area contributed by atoms with Gasteiger partial charge in [-0.15, -0.1) is 0 Å². The van der Waals surface area contributed by atoms with Crippen molar-refractivity contribution in [2.45, 2.75) is 0 Å². The molecule has 0 aromatic heterocycles. The number of non-ortho nitro benzene ring substituents is 2. The van der Waals surface area contributed by atoms with Crippen LogP contribution in [-0.4, -0.2) is 34.8 Å². The van der Waals surface area contributed by atoms with E-state index in [4.69, 9.17) is 23.2 Å². The van der Waals surface area contributed by atoms with Crippen molar-refractivity contribution in [2.75, 3.05) is 13.1 Å². The van der Waals surface area contributed by atoms with Gasteiger partial charge in [0.25, 0.3) is 23.2 Å². The second-order valence-corrected chi connectivity index (χ2v) is 6.17. The number of nitrogens with zero attached hydrogens (tertiary/aromatic N) is 2.